The Hall–Kier alpha value is -2.91. The van der Waals surface area contributed by atoms with Gasteiger partial charge in [0.25, 0.3) is 11.5 Å². The van der Waals surface area contributed by atoms with E-state index >= 15 is 0 Å². The highest BCUT2D eigenvalue weighted by Gasteiger charge is 2.21. The Morgan fingerprint density at radius 3 is 2.46 bits per heavy atom. The minimum atomic E-state index is -1.17. The lowest BCUT2D eigenvalue weighted by Crippen LogP contribution is -2.47. The largest absolute Gasteiger partial charge is 0.480 e. The molecule has 1 atom stereocenters. The molecule has 10 nitrogen and oxygen atoms in total. The first-order chi connectivity index (χ1) is 11.1. The molecule has 0 saturated carbocycles. The minimum absolute atomic E-state index is 0.0603. The van der Waals surface area contributed by atoms with Crippen LogP contribution in [0.5, 0.6) is 0 Å². The summed E-state index contributed by atoms with van der Waals surface area (Å²) in [6.07, 6.45) is 1.20. The van der Waals surface area contributed by atoms with Crippen molar-refractivity contribution in [2.45, 2.75) is 26.3 Å². The summed E-state index contributed by atoms with van der Waals surface area (Å²) in [5.74, 6) is -2.65. The first kappa shape index (κ1) is 19.1. The molecule has 10 heteroatoms. The maximum absolute atomic E-state index is 11.9. The van der Waals surface area contributed by atoms with E-state index in [1.54, 1.807) is 0 Å². The summed E-state index contributed by atoms with van der Waals surface area (Å²) in [6, 6.07) is -1.06. The number of aromatic amines is 1. The summed E-state index contributed by atoms with van der Waals surface area (Å²) in [5, 5.41) is 13.5. The number of nitrogens with zero attached hydrogens (tertiary/aromatic N) is 1. The van der Waals surface area contributed by atoms with Crippen molar-refractivity contribution in [3.05, 3.63) is 32.6 Å². The maximum Gasteiger partial charge on any atom is 0.328 e. The van der Waals surface area contributed by atoms with Crippen molar-refractivity contribution in [2.24, 2.45) is 13.0 Å². The molecule has 1 aromatic heterocycles. The van der Waals surface area contributed by atoms with E-state index in [1.165, 1.54) is 7.05 Å². The molecule has 1 aromatic rings. The number of carbonyl (C=O) groups is 3. The molecule has 0 fully saturated rings. The van der Waals surface area contributed by atoms with Gasteiger partial charge in [0.15, 0.2) is 0 Å². The molecule has 0 spiro atoms. The van der Waals surface area contributed by atoms with Gasteiger partial charge in [0.2, 0.25) is 5.91 Å². The second-order valence-corrected chi connectivity index (χ2v) is 5.64. The van der Waals surface area contributed by atoms with E-state index in [-0.39, 0.29) is 17.9 Å². The predicted octanol–water partition coefficient (Wildman–Crippen LogP) is -1.58. The van der Waals surface area contributed by atoms with Crippen molar-refractivity contribution in [1.82, 2.24) is 20.2 Å². The molecule has 0 aliphatic heterocycles. The molecule has 0 bridgehead atoms. The average molecular weight is 340 g/mol. The number of hydrogen-bond acceptors (Lipinski definition) is 5. The lowest BCUT2D eigenvalue weighted by molar-refractivity contribution is -0.142. The normalized spacial score (nSPS) is 11.8. The number of aromatic nitrogens is 2. The molecule has 2 amide bonds. The Balaban J connectivity index is 2.69. The number of aliphatic carboxylic acids is 1. The average Bonchev–Trinajstić information content (AvgIpc) is 2.49. The van der Waals surface area contributed by atoms with Crippen molar-refractivity contribution in [3.63, 3.8) is 0 Å². The fourth-order valence-electron chi connectivity index (χ4n) is 1.92. The second kappa shape index (κ2) is 8.09. The van der Waals surface area contributed by atoms with E-state index in [0.717, 1.165) is 10.8 Å². The molecule has 0 aliphatic carbocycles. The first-order valence-electron chi connectivity index (χ1n) is 7.22. The third-order valence-corrected chi connectivity index (χ3v) is 3.17. The van der Waals surface area contributed by atoms with Crippen LogP contribution >= 0.6 is 0 Å². The molecular weight excluding hydrogens is 320 g/mol. The fourth-order valence-corrected chi connectivity index (χ4v) is 1.92. The molecule has 0 saturated heterocycles. The number of nitrogens with one attached hydrogen (secondary N) is 3. The number of rotatable bonds is 7. The number of hydrogen-bond donors (Lipinski definition) is 4. The molecule has 4 N–H and O–H groups in total. The summed E-state index contributed by atoms with van der Waals surface area (Å²) < 4.78 is 0.720. The summed E-state index contributed by atoms with van der Waals surface area (Å²) in [7, 11) is 1.20. The van der Waals surface area contributed by atoms with Crippen LogP contribution in [0.25, 0.3) is 0 Å². The number of H-pyrrole nitrogens is 1. The lowest BCUT2D eigenvalue weighted by Gasteiger charge is -2.16. The quantitative estimate of drug-likeness (QED) is 0.470. The zero-order chi connectivity index (χ0) is 18.4. The number of amides is 2. The number of carbonyl (C=O) groups excluding carboxylic acids is 2. The molecule has 0 aliphatic rings. The highest BCUT2D eigenvalue weighted by Crippen LogP contribution is 2.04. The molecule has 24 heavy (non-hydrogen) atoms. The summed E-state index contributed by atoms with van der Waals surface area (Å²) in [6.45, 7) is 3.13. The highest BCUT2D eigenvalue weighted by atomic mass is 16.4. The van der Waals surface area contributed by atoms with Crippen molar-refractivity contribution in [1.29, 1.82) is 0 Å². The Morgan fingerprint density at radius 2 is 1.92 bits per heavy atom. The van der Waals surface area contributed by atoms with E-state index in [4.69, 9.17) is 5.11 Å². The summed E-state index contributed by atoms with van der Waals surface area (Å²) in [4.78, 5) is 59.9. The molecule has 1 rings (SSSR count). The third kappa shape index (κ3) is 5.07. The zero-order valence-corrected chi connectivity index (χ0v) is 13.6. The topological polar surface area (TPSA) is 150 Å². The number of carboxylic acids is 1. The Morgan fingerprint density at radius 1 is 1.29 bits per heavy atom. The van der Waals surface area contributed by atoms with Crippen molar-refractivity contribution < 1.29 is 19.5 Å². The van der Waals surface area contributed by atoms with Gasteiger partial charge in [-0.25, -0.2) is 9.59 Å². The minimum Gasteiger partial charge on any atom is -0.480 e. The van der Waals surface area contributed by atoms with Crippen LogP contribution in [0.1, 0.15) is 30.6 Å². The first-order valence-corrected chi connectivity index (χ1v) is 7.22. The van der Waals surface area contributed by atoms with E-state index in [1.807, 2.05) is 13.8 Å². The SMILES string of the molecule is CC(C)C[C@H](NC(=O)CNC(=O)c1c[nH]c(=O)n(C)c1=O)C(=O)O. The van der Waals surface area contributed by atoms with Crippen molar-refractivity contribution in [2.75, 3.05) is 6.54 Å². The van der Waals surface area contributed by atoms with Gasteiger partial charge in [-0.1, -0.05) is 13.8 Å². The lowest BCUT2D eigenvalue weighted by atomic mass is 10.0. The van der Waals surface area contributed by atoms with Gasteiger partial charge in [-0.15, -0.1) is 0 Å². The van der Waals surface area contributed by atoms with E-state index < -0.39 is 41.6 Å². The van der Waals surface area contributed by atoms with Gasteiger partial charge in [0.1, 0.15) is 11.6 Å². The molecule has 0 aromatic carbocycles. The van der Waals surface area contributed by atoms with Crippen LogP contribution in [0.3, 0.4) is 0 Å². The van der Waals surface area contributed by atoms with E-state index in [0.29, 0.717) is 0 Å². The molecule has 1 heterocycles. The van der Waals surface area contributed by atoms with Crippen LogP contribution in [-0.2, 0) is 16.6 Å². The Bertz CT molecular complexity index is 748. The van der Waals surface area contributed by atoms with E-state index in [9.17, 15) is 24.0 Å². The van der Waals surface area contributed by atoms with Gasteiger partial charge in [0, 0.05) is 13.2 Å². The predicted molar refractivity (Wildman–Crippen MR) is 83.7 cm³/mol. The van der Waals surface area contributed by atoms with Gasteiger partial charge in [-0.05, 0) is 12.3 Å². The van der Waals surface area contributed by atoms with Gasteiger partial charge in [-0.3, -0.25) is 19.0 Å². The molecule has 0 unspecified atom stereocenters. The standard InChI is InChI=1S/C14H20N4O6/c1-7(2)4-9(13(22)23)17-10(19)6-15-11(20)8-5-16-14(24)18(3)12(8)21/h5,7,9H,4,6H2,1-3H3,(H,15,20)(H,16,24)(H,17,19)(H,22,23)/t9-/m0/s1. The van der Waals surface area contributed by atoms with Crippen LogP contribution in [-0.4, -0.2) is 45.0 Å². The highest BCUT2D eigenvalue weighted by molar-refractivity contribution is 5.96. The second-order valence-electron chi connectivity index (χ2n) is 5.64. The van der Waals surface area contributed by atoms with Crippen molar-refractivity contribution >= 4 is 17.8 Å². The van der Waals surface area contributed by atoms with Gasteiger partial charge < -0.3 is 20.7 Å². The van der Waals surface area contributed by atoms with Crippen LogP contribution in [0, 0.1) is 5.92 Å². The summed E-state index contributed by atoms with van der Waals surface area (Å²) in [5.41, 5.74) is -1.81. The monoisotopic (exact) mass is 340 g/mol. The van der Waals surface area contributed by atoms with Crippen LogP contribution < -0.4 is 21.9 Å². The Labute approximate surface area is 136 Å². The maximum atomic E-state index is 11.9. The fraction of sp³-hybridized carbons (Fsp3) is 0.500. The van der Waals surface area contributed by atoms with Gasteiger partial charge in [0.05, 0.1) is 6.54 Å². The van der Waals surface area contributed by atoms with Gasteiger partial charge >= 0.3 is 11.7 Å². The van der Waals surface area contributed by atoms with Crippen LogP contribution in [0.2, 0.25) is 0 Å². The molecule has 132 valence electrons. The smallest absolute Gasteiger partial charge is 0.328 e. The third-order valence-electron chi connectivity index (χ3n) is 3.17. The van der Waals surface area contributed by atoms with Crippen LogP contribution in [0.15, 0.2) is 15.8 Å². The Kier molecular flexibility index (Phi) is 6.45. The van der Waals surface area contributed by atoms with Gasteiger partial charge in [-0.2, -0.15) is 0 Å². The van der Waals surface area contributed by atoms with Crippen LogP contribution in [0.4, 0.5) is 0 Å². The number of carboxylic acid groups (broad SMARTS) is 1. The zero-order valence-electron chi connectivity index (χ0n) is 13.6. The molecular formula is C14H20N4O6. The van der Waals surface area contributed by atoms with E-state index in [2.05, 4.69) is 15.6 Å². The van der Waals surface area contributed by atoms with Crippen molar-refractivity contribution in [3.8, 4) is 0 Å². The summed E-state index contributed by atoms with van der Waals surface area (Å²) >= 11 is 0. The molecule has 0 radical (unpaired) electrons.